The molecule has 1 aromatic rings. The monoisotopic (exact) mass is 421 g/mol. The number of hydrogen-bond donors (Lipinski definition) is 0. The first-order valence-electron chi connectivity index (χ1n) is 10.2. The molecular formula is C21H27NS4. The summed E-state index contributed by atoms with van der Waals surface area (Å²) < 4.78 is 0.996. The molecule has 0 bridgehead atoms. The molecule has 2 spiro atoms. The van der Waals surface area contributed by atoms with E-state index in [-0.39, 0.29) is 0 Å². The van der Waals surface area contributed by atoms with Crippen molar-refractivity contribution >= 4 is 47.0 Å². The summed E-state index contributed by atoms with van der Waals surface area (Å²) in [6.45, 7) is 1.29. The van der Waals surface area contributed by atoms with Gasteiger partial charge in [-0.05, 0) is 43.2 Å². The zero-order valence-electron chi connectivity index (χ0n) is 15.2. The molecule has 3 unspecified atom stereocenters. The van der Waals surface area contributed by atoms with Crippen LogP contribution in [-0.2, 0) is 6.42 Å². The van der Waals surface area contributed by atoms with Crippen LogP contribution in [-0.4, -0.2) is 48.7 Å². The molecule has 26 heavy (non-hydrogen) atoms. The van der Waals surface area contributed by atoms with Crippen LogP contribution in [0, 0.1) is 5.92 Å². The Labute approximate surface area is 174 Å². The molecule has 5 heteroatoms. The van der Waals surface area contributed by atoms with Gasteiger partial charge < -0.3 is 0 Å². The number of rotatable bonds is 0. The van der Waals surface area contributed by atoms with Crippen LogP contribution in [0.3, 0.4) is 0 Å². The first kappa shape index (κ1) is 17.4. The first-order chi connectivity index (χ1) is 12.8. The molecule has 0 radical (unpaired) electrons. The summed E-state index contributed by atoms with van der Waals surface area (Å²) >= 11 is 9.40. The molecule has 1 nitrogen and oxygen atoms in total. The van der Waals surface area contributed by atoms with Crippen LogP contribution < -0.4 is 0 Å². The fraction of sp³-hybridized carbons (Fsp3) is 0.714. The molecule has 0 aromatic heterocycles. The quantitative estimate of drug-likeness (QED) is 0.541. The molecule has 0 amide bonds. The number of piperidine rings is 1. The van der Waals surface area contributed by atoms with Crippen molar-refractivity contribution in [3.05, 3.63) is 35.4 Å². The molecule has 1 aliphatic carbocycles. The van der Waals surface area contributed by atoms with E-state index in [1.54, 1.807) is 11.1 Å². The highest BCUT2D eigenvalue weighted by Crippen LogP contribution is 2.70. The maximum absolute atomic E-state index is 2.98. The van der Waals surface area contributed by atoms with E-state index in [9.17, 15) is 0 Å². The van der Waals surface area contributed by atoms with Crippen LogP contribution in [0.2, 0.25) is 0 Å². The Morgan fingerprint density at radius 1 is 0.923 bits per heavy atom. The summed E-state index contributed by atoms with van der Waals surface area (Å²) in [5.74, 6) is 6.37. The van der Waals surface area contributed by atoms with Crippen molar-refractivity contribution in [2.75, 3.05) is 29.6 Å². The Hall–Kier alpha value is 0.580. The van der Waals surface area contributed by atoms with Gasteiger partial charge in [0, 0.05) is 47.6 Å². The molecule has 1 saturated carbocycles. The van der Waals surface area contributed by atoms with Gasteiger partial charge in [0.15, 0.2) is 0 Å². The number of benzene rings is 1. The Kier molecular flexibility index (Phi) is 4.39. The zero-order chi connectivity index (χ0) is 17.2. The summed E-state index contributed by atoms with van der Waals surface area (Å²) in [5, 5.41) is 0. The second-order valence-corrected chi connectivity index (χ2v) is 14.6. The third-order valence-electron chi connectivity index (χ3n) is 7.27. The molecule has 0 N–H and O–H groups in total. The Balaban J connectivity index is 1.47. The summed E-state index contributed by atoms with van der Waals surface area (Å²) in [5.41, 5.74) is 3.29. The van der Waals surface area contributed by atoms with Gasteiger partial charge in [0.05, 0.1) is 8.16 Å². The predicted octanol–water partition coefficient (Wildman–Crippen LogP) is 5.51. The van der Waals surface area contributed by atoms with Crippen LogP contribution in [0.1, 0.15) is 42.9 Å². The van der Waals surface area contributed by atoms with Crippen LogP contribution in [0.25, 0.3) is 0 Å². The van der Waals surface area contributed by atoms with Gasteiger partial charge in [-0.25, -0.2) is 0 Å². The number of nitrogens with zero attached hydrogens (tertiary/aromatic N) is 1. The maximum atomic E-state index is 2.98. The largest absolute Gasteiger partial charge is 0.293 e. The van der Waals surface area contributed by atoms with Crippen molar-refractivity contribution in [1.29, 1.82) is 0 Å². The lowest BCUT2D eigenvalue weighted by atomic mass is 9.72. The van der Waals surface area contributed by atoms with E-state index in [2.05, 4.69) is 76.2 Å². The normalized spacial score (nSPS) is 37.5. The van der Waals surface area contributed by atoms with E-state index in [1.807, 2.05) is 0 Å². The average molecular weight is 422 g/mol. The standard InChI is InChI=1S/C21H27NS4/c1-2-5-16-15(4-1)7-9-22-17-6-3-8-20(23-10-11-24-20)19(17)21(14-18(16)22)25-12-13-26-21/h1-2,4-5,17-19H,3,6-14H2. The number of thioether (sulfide) groups is 4. The van der Waals surface area contributed by atoms with Crippen molar-refractivity contribution in [3.63, 3.8) is 0 Å². The van der Waals surface area contributed by atoms with Crippen LogP contribution in [0.4, 0.5) is 0 Å². The van der Waals surface area contributed by atoms with Crippen molar-refractivity contribution < 1.29 is 0 Å². The molecule has 140 valence electrons. The van der Waals surface area contributed by atoms with Crippen LogP contribution in [0.15, 0.2) is 24.3 Å². The minimum absolute atomic E-state index is 0.473. The lowest BCUT2D eigenvalue weighted by molar-refractivity contribution is 0.00444. The van der Waals surface area contributed by atoms with Gasteiger partial charge in [-0.3, -0.25) is 4.90 Å². The SMILES string of the molecule is c1ccc2c(c1)CCN1C2CC2(SCCS2)C2C1CCCC21SCCS1. The van der Waals surface area contributed by atoms with Gasteiger partial charge in [-0.15, -0.1) is 47.0 Å². The molecule has 6 rings (SSSR count). The minimum Gasteiger partial charge on any atom is -0.293 e. The van der Waals surface area contributed by atoms with Gasteiger partial charge >= 0.3 is 0 Å². The van der Waals surface area contributed by atoms with Gasteiger partial charge in [-0.1, -0.05) is 24.3 Å². The Morgan fingerprint density at radius 3 is 2.46 bits per heavy atom. The highest BCUT2D eigenvalue weighted by molar-refractivity contribution is 8.22. The summed E-state index contributed by atoms with van der Waals surface area (Å²) in [4.78, 5) is 2.98. The predicted molar refractivity (Wildman–Crippen MR) is 121 cm³/mol. The van der Waals surface area contributed by atoms with Crippen molar-refractivity contribution in [2.45, 2.75) is 52.3 Å². The summed E-state index contributed by atoms with van der Waals surface area (Å²) in [6.07, 6.45) is 6.98. The fourth-order valence-corrected chi connectivity index (χ4v) is 14.4. The van der Waals surface area contributed by atoms with Crippen molar-refractivity contribution in [2.24, 2.45) is 5.92 Å². The third-order valence-corrected chi connectivity index (χ3v) is 14.5. The first-order valence-corrected chi connectivity index (χ1v) is 14.2. The third kappa shape index (κ3) is 2.46. The Bertz CT molecular complexity index is 695. The van der Waals surface area contributed by atoms with Crippen LogP contribution >= 0.6 is 47.0 Å². The van der Waals surface area contributed by atoms with E-state index >= 15 is 0 Å². The lowest BCUT2D eigenvalue weighted by Crippen LogP contribution is -2.64. The maximum Gasteiger partial charge on any atom is 0.0694 e. The van der Waals surface area contributed by atoms with E-state index in [0.717, 1.165) is 12.0 Å². The van der Waals surface area contributed by atoms with Crippen LogP contribution in [0.5, 0.6) is 0 Å². The molecule has 4 fully saturated rings. The molecular weight excluding hydrogens is 395 g/mol. The smallest absolute Gasteiger partial charge is 0.0694 e. The molecule has 1 aromatic carbocycles. The summed E-state index contributed by atoms with van der Waals surface area (Å²) in [6, 6.07) is 10.9. The Morgan fingerprint density at radius 2 is 1.65 bits per heavy atom. The average Bonchev–Trinajstić information content (AvgIpc) is 3.33. The van der Waals surface area contributed by atoms with Gasteiger partial charge in [-0.2, -0.15) is 0 Å². The van der Waals surface area contributed by atoms with E-state index in [0.29, 0.717) is 14.2 Å². The second kappa shape index (κ2) is 6.55. The summed E-state index contributed by atoms with van der Waals surface area (Å²) in [7, 11) is 0. The number of hydrogen-bond acceptors (Lipinski definition) is 5. The minimum atomic E-state index is 0.473. The second-order valence-electron chi connectivity index (χ2n) is 8.36. The van der Waals surface area contributed by atoms with Crippen molar-refractivity contribution in [3.8, 4) is 0 Å². The van der Waals surface area contributed by atoms with Gasteiger partial charge in [0.2, 0.25) is 0 Å². The topological polar surface area (TPSA) is 3.24 Å². The highest BCUT2D eigenvalue weighted by Gasteiger charge is 2.64. The molecule has 3 atom stereocenters. The van der Waals surface area contributed by atoms with E-state index in [4.69, 9.17) is 0 Å². The molecule has 4 heterocycles. The van der Waals surface area contributed by atoms with E-state index < -0.39 is 0 Å². The lowest BCUT2D eigenvalue weighted by Gasteiger charge is -2.62. The van der Waals surface area contributed by atoms with Gasteiger partial charge in [0.1, 0.15) is 0 Å². The number of fused-ring (bicyclic) bond motifs is 7. The molecule has 5 aliphatic rings. The van der Waals surface area contributed by atoms with Crippen molar-refractivity contribution in [1.82, 2.24) is 4.90 Å². The highest BCUT2D eigenvalue weighted by atomic mass is 32.2. The molecule has 3 saturated heterocycles. The van der Waals surface area contributed by atoms with Gasteiger partial charge in [0.25, 0.3) is 0 Å². The fourth-order valence-electron chi connectivity index (χ4n) is 6.41. The zero-order valence-corrected chi connectivity index (χ0v) is 18.5. The molecule has 4 aliphatic heterocycles. The van der Waals surface area contributed by atoms with E-state index in [1.165, 1.54) is 61.7 Å².